The summed E-state index contributed by atoms with van der Waals surface area (Å²) < 4.78 is 6.60. The number of halogens is 1. The number of rotatable bonds is 3. The highest BCUT2D eigenvalue weighted by molar-refractivity contribution is 9.10. The van der Waals surface area contributed by atoms with E-state index in [4.69, 9.17) is 15.7 Å². The molecule has 2 aromatic rings. The second kappa shape index (κ2) is 5.56. The Hall–Kier alpha value is -1.99. The molecular weight excluding hydrogens is 292 g/mol. The Kier molecular flexibility index (Phi) is 3.85. The van der Waals surface area contributed by atoms with Crippen LogP contribution in [0, 0.1) is 11.3 Å². The number of ether oxygens (including phenoxy) is 1. The van der Waals surface area contributed by atoms with Gasteiger partial charge in [-0.1, -0.05) is 28.1 Å². The van der Waals surface area contributed by atoms with Gasteiger partial charge in [0.15, 0.2) is 5.75 Å². The van der Waals surface area contributed by atoms with Gasteiger partial charge in [-0.3, -0.25) is 0 Å². The predicted molar refractivity (Wildman–Crippen MR) is 74.4 cm³/mol. The number of hydrogen-bond donors (Lipinski definition) is 1. The number of nitrogens with two attached hydrogens (primary N) is 1. The van der Waals surface area contributed by atoms with Crippen LogP contribution in [-0.2, 0) is 6.42 Å². The molecule has 18 heavy (non-hydrogen) atoms. The SMILES string of the molecule is N#CCc1ccc(Oc2cc(Br)ccc2N)cc1. The zero-order valence-corrected chi connectivity index (χ0v) is 11.1. The van der Waals surface area contributed by atoms with E-state index in [1.807, 2.05) is 36.4 Å². The van der Waals surface area contributed by atoms with Crippen molar-refractivity contribution < 1.29 is 4.74 Å². The summed E-state index contributed by atoms with van der Waals surface area (Å²) in [5.74, 6) is 1.30. The van der Waals surface area contributed by atoms with E-state index < -0.39 is 0 Å². The highest BCUT2D eigenvalue weighted by atomic mass is 79.9. The van der Waals surface area contributed by atoms with Gasteiger partial charge < -0.3 is 10.5 Å². The molecule has 0 aliphatic carbocycles. The molecule has 0 atom stereocenters. The fourth-order valence-electron chi connectivity index (χ4n) is 1.49. The Morgan fingerprint density at radius 3 is 2.56 bits per heavy atom. The van der Waals surface area contributed by atoms with Crippen LogP contribution in [0.2, 0.25) is 0 Å². The number of hydrogen-bond acceptors (Lipinski definition) is 3. The van der Waals surface area contributed by atoms with E-state index in [-0.39, 0.29) is 0 Å². The monoisotopic (exact) mass is 302 g/mol. The lowest BCUT2D eigenvalue weighted by atomic mass is 10.2. The summed E-state index contributed by atoms with van der Waals surface area (Å²) in [6.45, 7) is 0. The van der Waals surface area contributed by atoms with Crippen molar-refractivity contribution >= 4 is 21.6 Å². The van der Waals surface area contributed by atoms with Gasteiger partial charge in [0.1, 0.15) is 5.75 Å². The third-order valence-corrected chi connectivity index (χ3v) is 2.90. The van der Waals surface area contributed by atoms with Crippen LogP contribution < -0.4 is 10.5 Å². The molecule has 0 saturated carbocycles. The van der Waals surface area contributed by atoms with Gasteiger partial charge >= 0.3 is 0 Å². The van der Waals surface area contributed by atoms with E-state index in [1.54, 1.807) is 6.07 Å². The van der Waals surface area contributed by atoms with Crippen molar-refractivity contribution in [1.29, 1.82) is 5.26 Å². The molecule has 0 amide bonds. The van der Waals surface area contributed by atoms with Crippen molar-refractivity contribution in [3.8, 4) is 17.6 Å². The summed E-state index contributed by atoms with van der Waals surface area (Å²) in [5.41, 5.74) is 7.37. The van der Waals surface area contributed by atoms with Gasteiger partial charge in [0.2, 0.25) is 0 Å². The Morgan fingerprint density at radius 1 is 1.17 bits per heavy atom. The van der Waals surface area contributed by atoms with Crippen molar-refractivity contribution in [1.82, 2.24) is 0 Å². The summed E-state index contributed by atoms with van der Waals surface area (Å²) in [6.07, 6.45) is 0.402. The van der Waals surface area contributed by atoms with E-state index in [0.29, 0.717) is 23.6 Å². The predicted octanol–water partition coefficient (Wildman–Crippen LogP) is 3.89. The van der Waals surface area contributed by atoms with Crippen LogP contribution in [-0.4, -0.2) is 0 Å². The number of anilines is 1. The number of nitriles is 1. The molecule has 0 fully saturated rings. The molecule has 0 saturated heterocycles. The summed E-state index contributed by atoms with van der Waals surface area (Å²) in [6, 6.07) is 14.9. The van der Waals surface area contributed by atoms with Crippen LogP contribution in [0.1, 0.15) is 5.56 Å². The molecule has 3 nitrogen and oxygen atoms in total. The van der Waals surface area contributed by atoms with Crippen LogP contribution >= 0.6 is 15.9 Å². The largest absolute Gasteiger partial charge is 0.455 e. The van der Waals surface area contributed by atoms with Crippen molar-refractivity contribution in [2.45, 2.75) is 6.42 Å². The maximum Gasteiger partial charge on any atom is 0.151 e. The molecule has 0 aromatic heterocycles. The topological polar surface area (TPSA) is 59.0 Å². The molecule has 2 N–H and O–H groups in total. The first-order valence-corrected chi connectivity index (χ1v) is 6.17. The maximum atomic E-state index is 8.59. The van der Waals surface area contributed by atoms with E-state index in [2.05, 4.69) is 22.0 Å². The standard InChI is InChI=1S/C14H11BrN2O/c15-11-3-6-13(17)14(9-11)18-12-4-1-10(2-5-12)7-8-16/h1-6,9H,7,17H2. The molecule has 0 unspecified atom stereocenters. The highest BCUT2D eigenvalue weighted by Crippen LogP contribution is 2.30. The van der Waals surface area contributed by atoms with Gasteiger partial charge in [-0.15, -0.1) is 0 Å². The molecule has 2 aromatic carbocycles. The maximum absolute atomic E-state index is 8.59. The van der Waals surface area contributed by atoms with Gasteiger partial charge in [-0.2, -0.15) is 5.26 Å². The Bertz CT molecular complexity index is 588. The Balaban J connectivity index is 2.18. The Labute approximate surface area is 114 Å². The first-order chi connectivity index (χ1) is 8.69. The lowest BCUT2D eigenvalue weighted by Gasteiger charge is -2.09. The second-order valence-corrected chi connectivity index (χ2v) is 4.68. The smallest absolute Gasteiger partial charge is 0.151 e. The fraction of sp³-hybridized carbons (Fsp3) is 0.0714. The Morgan fingerprint density at radius 2 is 1.89 bits per heavy atom. The second-order valence-electron chi connectivity index (χ2n) is 3.76. The molecule has 0 heterocycles. The average molecular weight is 303 g/mol. The van der Waals surface area contributed by atoms with E-state index >= 15 is 0 Å². The van der Waals surface area contributed by atoms with Crippen molar-refractivity contribution in [2.24, 2.45) is 0 Å². The van der Waals surface area contributed by atoms with Crippen molar-refractivity contribution in [2.75, 3.05) is 5.73 Å². The minimum atomic E-state index is 0.402. The summed E-state index contributed by atoms with van der Waals surface area (Å²) in [7, 11) is 0. The van der Waals surface area contributed by atoms with Gasteiger partial charge in [0.25, 0.3) is 0 Å². The van der Waals surface area contributed by atoms with E-state index in [0.717, 1.165) is 10.0 Å². The molecule has 0 spiro atoms. The first-order valence-electron chi connectivity index (χ1n) is 5.38. The van der Waals surface area contributed by atoms with Crippen molar-refractivity contribution in [3.05, 3.63) is 52.5 Å². The third-order valence-electron chi connectivity index (χ3n) is 2.41. The highest BCUT2D eigenvalue weighted by Gasteiger charge is 2.03. The normalized spacial score (nSPS) is 9.78. The first kappa shape index (κ1) is 12.5. The van der Waals surface area contributed by atoms with Gasteiger partial charge in [-0.05, 0) is 35.9 Å². The van der Waals surface area contributed by atoms with Crippen molar-refractivity contribution in [3.63, 3.8) is 0 Å². The minimum Gasteiger partial charge on any atom is -0.455 e. The molecular formula is C14H11BrN2O. The van der Waals surface area contributed by atoms with Crippen LogP contribution in [0.15, 0.2) is 46.9 Å². The molecule has 2 rings (SSSR count). The minimum absolute atomic E-state index is 0.402. The third kappa shape index (κ3) is 3.02. The van der Waals surface area contributed by atoms with Gasteiger partial charge in [-0.25, -0.2) is 0 Å². The molecule has 90 valence electrons. The quantitative estimate of drug-likeness (QED) is 0.875. The van der Waals surface area contributed by atoms with Gasteiger partial charge in [0, 0.05) is 4.47 Å². The molecule has 0 aliphatic rings. The molecule has 0 aliphatic heterocycles. The summed E-state index contributed by atoms with van der Waals surface area (Å²) in [5, 5.41) is 8.59. The zero-order valence-electron chi connectivity index (χ0n) is 9.56. The van der Waals surface area contributed by atoms with Crippen LogP contribution in [0.3, 0.4) is 0 Å². The molecule has 0 bridgehead atoms. The summed E-state index contributed by atoms with van der Waals surface area (Å²) in [4.78, 5) is 0. The number of nitrogen functional groups attached to an aromatic ring is 1. The van der Waals surface area contributed by atoms with Crippen LogP contribution in [0.4, 0.5) is 5.69 Å². The van der Waals surface area contributed by atoms with E-state index in [1.165, 1.54) is 0 Å². The average Bonchev–Trinajstić information content (AvgIpc) is 2.37. The number of nitrogens with zero attached hydrogens (tertiary/aromatic N) is 1. The molecule has 4 heteroatoms. The number of benzene rings is 2. The lowest BCUT2D eigenvalue weighted by molar-refractivity contribution is 0.484. The zero-order chi connectivity index (χ0) is 13.0. The lowest BCUT2D eigenvalue weighted by Crippen LogP contribution is -1.92. The van der Waals surface area contributed by atoms with Gasteiger partial charge in [0.05, 0.1) is 18.2 Å². The molecule has 0 radical (unpaired) electrons. The van der Waals surface area contributed by atoms with Crippen LogP contribution in [0.5, 0.6) is 11.5 Å². The summed E-state index contributed by atoms with van der Waals surface area (Å²) >= 11 is 3.37. The van der Waals surface area contributed by atoms with E-state index in [9.17, 15) is 0 Å². The van der Waals surface area contributed by atoms with Crippen LogP contribution in [0.25, 0.3) is 0 Å². The fourth-order valence-corrected chi connectivity index (χ4v) is 1.83.